The smallest absolute Gasteiger partial charge is 0.249 e. The summed E-state index contributed by atoms with van der Waals surface area (Å²) in [5.41, 5.74) is -0.388. The maximum atomic E-state index is 14.1. The number of carbonyl (C=O) groups excluding carboxylic acids is 4. The maximum Gasteiger partial charge on any atom is 0.249 e. The molecule has 0 bridgehead atoms. The molecule has 2 fully saturated rings. The zero-order valence-electron chi connectivity index (χ0n) is 28.5. The van der Waals surface area contributed by atoms with E-state index in [4.69, 9.17) is 0 Å². The van der Waals surface area contributed by atoms with Crippen molar-refractivity contribution in [3.05, 3.63) is 11.6 Å². The quantitative estimate of drug-likeness (QED) is 0.394. The van der Waals surface area contributed by atoms with E-state index < -0.39 is 17.5 Å². The van der Waals surface area contributed by atoms with Gasteiger partial charge in [-0.1, -0.05) is 47.1 Å². The zero-order valence-corrected chi connectivity index (χ0v) is 28.5. The molecular weight excluding hydrogens is 530 g/mol. The number of hydrogen-bond acceptors (Lipinski definition) is 5. The highest BCUT2D eigenvalue weighted by Crippen LogP contribution is 2.27. The average molecular weight is 590 g/mol. The van der Waals surface area contributed by atoms with Crippen LogP contribution >= 0.6 is 0 Å². The van der Waals surface area contributed by atoms with Gasteiger partial charge in [-0.2, -0.15) is 0 Å². The predicted molar refractivity (Wildman–Crippen MR) is 169 cm³/mol. The average Bonchev–Trinajstić information content (AvgIpc) is 3.37. The number of hydrogen-bond donors (Lipinski definition) is 2. The van der Waals surface area contributed by atoms with E-state index >= 15 is 0 Å². The van der Waals surface area contributed by atoms with E-state index in [0.717, 1.165) is 32.2 Å². The highest BCUT2D eigenvalue weighted by atomic mass is 16.2. The van der Waals surface area contributed by atoms with Gasteiger partial charge in [-0.15, -0.1) is 0 Å². The third kappa shape index (κ3) is 9.29. The first-order chi connectivity index (χ1) is 19.3. The molecule has 2 saturated heterocycles. The van der Waals surface area contributed by atoms with E-state index in [9.17, 15) is 19.2 Å². The van der Waals surface area contributed by atoms with Crippen LogP contribution in [0.15, 0.2) is 11.6 Å². The molecule has 2 heterocycles. The molecule has 9 heteroatoms. The Hall–Kier alpha value is -2.42. The van der Waals surface area contributed by atoms with Crippen LogP contribution < -0.4 is 10.6 Å². The molecule has 0 aliphatic carbocycles. The number of carbonyl (C=O) groups is 4. The lowest BCUT2D eigenvalue weighted by Crippen LogP contribution is -2.60. The monoisotopic (exact) mass is 589 g/mol. The number of likely N-dealkylation sites (tertiary alicyclic amines) is 2. The van der Waals surface area contributed by atoms with Gasteiger partial charge in [0.25, 0.3) is 0 Å². The molecule has 0 aromatic carbocycles. The standard InChI is InChI=1S/C33H59N5O4/c1-21(2)26(20-23(5)30(41)38-19-15-17-25(38)29(40)35-33(9,10)11)36(12)31(42)27(32(6,7)8)34-28(39)24-16-13-14-18-37(24)22(3)4/h20-22,24-27H,13-19H2,1-12H3,(H,34,39)(H,35,40)/b23-20+. The summed E-state index contributed by atoms with van der Waals surface area (Å²) in [5.74, 6) is -0.568. The molecule has 0 aromatic heterocycles. The van der Waals surface area contributed by atoms with E-state index in [0.29, 0.717) is 18.5 Å². The fourth-order valence-corrected chi connectivity index (χ4v) is 6.13. The topological polar surface area (TPSA) is 102 Å². The number of nitrogens with one attached hydrogen (secondary N) is 2. The Bertz CT molecular complexity index is 1010. The van der Waals surface area contributed by atoms with Crippen LogP contribution in [0.4, 0.5) is 0 Å². The van der Waals surface area contributed by atoms with Crippen LogP contribution in [0.3, 0.4) is 0 Å². The van der Waals surface area contributed by atoms with Crippen LogP contribution in [0.25, 0.3) is 0 Å². The highest BCUT2D eigenvalue weighted by Gasteiger charge is 2.40. The first-order valence-corrected chi connectivity index (χ1v) is 15.9. The minimum atomic E-state index is -0.722. The molecule has 2 N–H and O–H groups in total. The highest BCUT2D eigenvalue weighted by molar-refractivity contribution is 5.97. The van der Waals surface area contributed by atoms with Crippen molar-refractivity contribution in [2.45, 2.75) is 144 Å². The van der Waals surface area contributed by atoms with Crippen molar-refractivity contribution in [2.75, 3.05) is 20.1 Å². The summed E-state index contributed by atoms with van der Waals surface area (Å²) in [4.78, 5) is 59.7. The summed E-state index contributed by atoms with van der Waals surface area (Å²) in [6.45, 7) is 23.1. The molecule has 2 rings (SSSR count). The Labute approximate surface area is 255 Å². The molecule has 9 nitrogen and oxygen atoms in total. The summed E-state index contributed by atoms with van der Waals surface area (Å²) in [7, 11) is 1.75. The van der Waals surface area contributed by atoms with Gasteiger partial charge in [0.05, 0.1) is 12.1 Å². The van der Waals surface area contributed by atoms with Crippen molar-refractivity contribution < 1.29 is 19.2 Å². The van der Waals surface area contributed by atoms with Gasteiger partial charge in [0.2, 0.25) is 23.6 Å². The Morgan fingerprint density at radius 2 is 1.45 bits per heavy atom. The molecule has 0 aromatic rings. The third-order valence-corrected chi connectivity index (χ3v) is 8.46. The Balaban J connectivity index is 2.27. The minimum Gasteiger partial charge on any atom is -0.350 e. The normalized spacial score (nSPS) is 22.2. The Morgan fingerprint density at radius 3 is 1.98 bits per heavy atom. The van der Waals surface area contributed by atoms with Crippen LogP contribution in [0.2, 0.25) is 0 Å². The number of likely N-dealkylation sites (N-methyl/N-ethyl adjacent to an activating group) is 1. The van der Waals surface area contributed by atoms with E-state index in [2.05, 4.69) is 29.4 Å². The molecule has 0 saturated carbocycles. The molecule has 0 spiro atoms. The van der Waals surface area contributed by atoms with Gasteiger partial charge >= 0.3 is 0 Å². The summed E-state index contributed by atoms with van der Waals surface area (Å²) >= 11 is 0. The first-order valence-electron chi connectivity index (χ1n) is 15.9. The fraction of sp³-hybridized carbons (Fsp3) is 0.818. The summed E-state index contributed by atoms with van der Waals surface area (Å²) in [5, 5.41) is 6.14. The molecule has 240 valence electrons. The van der Waals surface area contributed by atoms with Crippen molar-refractivity contribution in [1.82, 2.24) is 25.3 Å². The van der Waals surface area contributed by atoms with Gasteiger partial charge in [-0.25, -0.2) is 0 Å². The molecule has 42 heavy (non-hydrogen) atoms. The number of nitrogens with zero attached hydrogens (tertiary/aromatic N) is 3. The van der Waals surface area contributed by atoms with Gasteiger partial charge in [-0.05, 0) is 85.1 Å². The molecular formula is C33H59N5O4. The van der Waals surface area contributed by atoms with Crippen LogP contribution in [-0.4, -0.2) is 94.2 Å². The number of rotatable bonds is 9. The van der Waals surface area contributed by atoms with Crippen molar-refractivity contribution in [3.63, 3.8) is 0 Å². The van der Waals surface area contributed by atoms with Gasteiger partial charge in [0, 0.05) is 30.7 Å². The lowest BCUT2D eigenvalue weighted by Gasteiger charge is -2.41. The van der Waals surface area contributed by atoms with Gasteiger partial charge < -0.3 is 20.4 Å². The SMILES string of the molecule is C/C(=C\C(C(C)C)N(C)C(=O)C(NC(=O)C1CCCCN1C(C)C)C(C)(C)C)C(=O)N1CCCC1C(=O)NC(C)(C)C. The summed E-state index contributed by atoms with van der Waals surface area (Å²) in [6.07, 6.45) is 6.12. The molecule has 0 radical (unpaired) electrons. The number of amides is 4. The second-order valence-corrected chi connectivity index (χ2v) is 15.1. The zero-order chi connectivity index (χ0) is 32.2. The van der Waals surface area contributed by atoms with Crippen molar-refractivity contribution in [3.8, 4) is 0 Å². The third-order valence-electron chi connectivity index (χ3n) is 8.46. The maximum absolute atomic E-state index is 14.1. The van der Waals surface area contributed by atoms with E-state index in [1.54, 1.807) is 23.8 Å². The Kier molecular flexibility index (Phi) is 12.2. The summed E-state index contributed by atoms with van der Waals surface area (Å²) < 4.78 is 0. The molecule has 4 atom stereocenters. The minimum absolute atomic E-state index is 0.0198. The van der Waals surface area contributed by atoms with Gasteiger partial charge in [0.15, 0.2) is 0 Å². The van der Waals surface area contributed by atoms with E-state index in [1.165, 1.54) is 0 Å². The lowest BCUT2D eigenvalue weighted by molar-refractivity contribution is -0.142. The Morgan fingerprint density at radius 1 is 0.857 bits per heavy atom. The predicted octanol–water partition coefficient (Wildman–Crippen LogP) is 4.12. The molecule has 4 amide bonds. The van der Waals surface area contributed by atoms with Gasteiger partial charge in [0.1, 0.15) is 12.1 Å². The second-order valence-electron chi connectivity index (χ2n) is 15.1. The van der Waals surface area contributed by atoms with Crippen LogP contribution in [-0.2, 0) is 19.2 Å². The van der Waals surface area contributed by atoms with Crippen LogP contribution in [0.5, 0.6) is 0 Å². The van der Waals surface area contributed by atoms with Crippen molar-refractivity contribution >= 4 is 23.6 Å². The summed E-state index contributed by atoms with van der Waals surface area (Å²) in [6, 6.07) is -1.58. The second kappa shape index (κ2) is 14.4. The molecule has 2 aliphatic rings. The van der Waals surface area contributed by atoms with Gasteiger partial charge in [-0.3, -0.25) is 24.1 Å². The fourth-order valence-electron chi connectivity index (χ4n) is 6.13. The van der Waals surface area contributed by atoms with Crippen molar-refractivity contribution in [1.29, 1.82) is 0 Å². The van der Waals surface area contributed by atoms with E-state index in [-0.39, 0.29) is 53.2 Å². The first kappa shape index (κ1) is 35.8. The van der Waals surface area contributed by atoms with E-state index in [1.807, 2.05) is 61.5 Å². The molecule has 4 unspecified atom stereocenters. The molecule has 2 aliphatic heterocycles. The van der Waals surface area contributed by atoms with Crippen LogP contribution in [0.1, 0.15) is 108 Å². The largest absolute Gasteiger partial charge is 0.350 e. The lowest BCUT2D eigenvalue weighted by atomic mass is 9.84. The number of piperidine rings is 1. The van der Waals surface area contributed by atoms with Crippen molar-refractivity contribution in [2.24, 2.45) is 11.3 Å². The van der Waals surface area contributed by atoms with Crippen LogP contribution in [0, 0.1) is 11.3 Å².